The number of carbonyl (C=O) groups excluding carboxylic acids is 1. The van der Waals surface area contributed by atoms with Gasteiger partial charge in [-0.3, -0.25) is 10.2 Å². The SMILES string of the molecule is CC1NN2CCC(C3CCN(S(C)(=O)=O)CC3)CC2C1C(=O)N1CCCCC1. The lowest BCUT2D eigenvalue weighted by molar-refractivity contribution is -0.138. The Labute approximate surface area is 169 Å². The van der Waals surface area contributed by atoms with Crippen LogP contribution in [0.25, 0.3) is 0 Å². The summed E-state index contributed by atoms with van der Waals surface area (Å²) in [6, 6.07) is 0.487. The third-order valence-electron chi connectivity index (χ3n) is 7.60. The van der Waals surface area contributed by atoms with Crippen molar-refractivity contribution in [2.24, 2.45) is 17.8 Å². The lowest BCUT2D eigenvalue weighted by Gasteiger charge is -2.42. The van der Waals surface area contributed by atoms with Crippen LogP contribution in [0.3, 0.4) is 0 Å². The van der Waals surface area contributed by atoms with Crippen molar-refractivity contribution in [3.05, 3.63) is 0 Å². The summed E-state index contributed by atoms with van der Waals surface area (Å²) in [5.41, 5.74) is 3.57. The van der Waals surface area contributed by atoms with Crippen LogP contribution in [0.1, 0.15) is 51.9 Å². The Balaban J connectivity index is 1.40. The molecule has 0 spiro atoms. The molecule has 1 amide bonds. The van der Waals surface area contributed by atoms with E-state index < -0.39 is 10.0 Å². The minimum Gasteiger partial charge on any atom is -0.342 e. The summed E-state index contributed by atoms with van der Waals surface area (Å²) in [6.45, 7) is 6.29. The van der Waals surface area contributed by atoms with Crippen LogP contribution in [0.15, 0.2) is 0 Å². The van der Waals surface area contributed by atoms with Gasteiger partial charge in [0.05, 0.1) is 12.2 Å². The molecule has 4 saturated heterocycles. The Bertz CT molecular complexity index is 671. The maximum Gasteiger partial charge on any atom is 0.228 e. The first-order valence-electron chi connectivity index (χ1n) is 11.1. The highest BCUT2D eigenvalue weighted by molar-refractivity contribution is 7.88. The zero-order valence-electron chi connectivity index (χ0n) is 17.3. The van der Waals surface area contributed by atoms with Crippen LogP contribution in [0.5, 0.6) is 0 Å². The van der Waals surface area contributed by atoms with Crippen molar-refractivity contribution >= 4 is 15.9 Å². The predicted molar refractivity (Wildman–Crippen MR) is 109 cm³/mol. The van der Waals surface area contributed by atoms with E-state index >= 15 is 0 Å². The van der Waals surface area contributed by atoms with Crippen molar-refractivity contribution < 1.29 is 13.2 Å². The van der Waals surface area contributed by atoms with Crippen molar-refractivity contribution in [3.63, 3.8) is 0 Å². The second-order valence-corrected chi connectivity index (χ2v) is 11.4. The molecule has 0 aliphatic carbocycles. The highest BCUT2D eigenvalue weighted by atomic mass is 32.2. The van der Waals surface area contributed by atoms with Crippen LogP contribution in [0.4, 0.5) is 0 Å². The van der Waals surface area contributed by atoms with Crippen molar-refractivity contribution in [1.82, 2.24) is 19.6 Å². The molecule has 160 valence electrons. The van der Waals surface area contributed by atoms with Gasteiger partial charge < -0.3 is 4.90 Å². The molecule has 4 atom stereocenters. The van der Waals surface area contributed by atoms with E-state index in [1.807, 2.05) is 0 Å². The zero-order valence-corrected chi connectivity index (χ0v) is 18.2. The Kier molecular flexibility index (Phi) is 6.03. The van der Waals surface area contributed by atoms with E-state index in [9.17, 15) is 13.2 Å². The number of rotatable bonds is 3. The van der Waals surface area contributed by atoms with Crippen LogP contribution in [-0.2, 0) is 14.8 Å². The fourth-order valence-corrected chi connectivity index (χ4v) is 6.89. The zero-order chi connectivity index (χ0) is 19.9. The third kappa shape index (κ3) is 4.11. The summed E-state index contributed by atoms with van der Waals surface area (Å²) in [5.74, 6) is 1.59. The van der Waals surface area contributed by atoms with Gasteiger partial charge in [-0.1, -0.05) is 0 Å². The maximum absolute atomic E-state index is 13.3. The van der Waals surface area contributed by atoms with Crippen LogP contribution in [0.2, 0.25) is 0 Å². The molecule has 4 fully saturated rings. The average molecular weight is 413 g/mol. The highest BCUT2D eigenvalue weighted by Gasteiger charge is 2.48. The van der Waals surface area contributed by atoms with E-state index in [4.69, 9.17) is 0 Å². The summed E-state index contributed by atoms with van der Waals surface area (Å²) in [7, 11) is -3.07. The number of nitrogens with one attached hydrogen (secondary N) is 1. The predicted octanol–water partition coefficient (Wildman–Crippen LogP) is 1.27. The summed E-state index contributed by atoms with van der Waals surface area (Å²) >= 11 is 0. The van der Waals surface area contributed by atoms with Gasteiger partial charge in [0, 0.05) is 44.8 Å². The molecule has 0 bridgehead atoms. The van der Waals surface area contributed by atoms with Gasteiger partial charge in [0.2, 0.25) is 15.9 Å². The summed E-state index contributed by atoms with van der Waals surface area (Å²) in [6.07, 6.45) is 8.94. The smallest absolute Gasteiger partial charge is 0.228 e. The number of carbonyl (C=O) groups is 1. The quantitative estimate of drug-likeness (QED) is 0.756. The molecule has 8 heteroatoms. The van der Waals surface area contributed by atoms with Crippen LogP contribution < -0.4 is 5.43 Å². The molecule has 28 heavy (non-hydrogen) atoms. The van der Waals surface area contributed by atoms with Gasteiger partial charge in [-0.2, -0.15) is 0 Å². The number of hydrogen-bond acceptors (Lipinski definition) is 5. The first-order chi connectivity index (χ1) is 13.3. The molecule has 4 aliphatic rings. The molecular formula is C20H36N4O3S. The second kappa shape index (κ2) is 8.20. The number of fused-ring (bicyclic) bond motifs is 1. The molecule has 4 heterocycles. The van der Waals surface area contributed by atoms with E-state index in [2.05, 4.69) is 22.3 Å². The molecule has 1 N–H and O–H groups in total. The van der Waals surface area contributed by atoms with Gasteiger partial charge >= 0.3 is 0 Å². The number of hydrogen-bond donors (Lipinski definition) is 1. The van der Waals surface area contributed by atoms with E-state index in [0.717, 1.165) is 58.2 Å². The average Bonchev–Trinajstić information content (AvgIpc) is 3.02. The van der Waals surface area contributed by atoms with E-state index in [1.54, 1.807) is 4.31 Å². The molecule has 0 radical (unpaired) electrons. The summed E-state index contributed by atoms with van der Waals surface area (Å²) in [4.78, 5) is 15.4. The van der Waals surface area contributed by atoms with Crippen molar-refractivity contribution in [1.29, 1.82) is 0 Å². The standard InChI is InChI=1S/C20H36N4O3S/c1-15-19(20(25)22-9-4-3-5-10-22)18-14-17(8-13-24(18)21-15)16-6-11-23(12-7-16)28(2,26)27/h15-19,21H,3-14H2,1-2H3. The van der Waals surface area contributed by atoms with Gasteiger partial charge in [-0.15, -0.1) is 0 Å². The Morgan fingerprint density at radius 1 is 0.929 bits per heavy atom. The fraction of sp³-hybridized carbons (Fsp3) is 0.950. The molecule has 0 aromatic carbocycles. The lowest BCUT2D eigenvalue weighted by atomic mass is 9.74. The molecule has 0 aromatic heterocycles. The monoisotopic (exact) mass is 412 g/mol. The number of piperidine rings is 3. The molecule has 0 aromatic rings. The van der Waals surface area contributed by atoms with E-state index in [0.29, 0.717) is 30.8 Å². The first kappa shape index (κ1) is 20.6. The number of nitrogens with zero attached hydrogens (tertiary/aromatic N) is 3. The molecular weight excluding hydrogens is 376 g/mol. The number of sulfonamides is 1. The van der Waals surface area contributed by atoms with Crippen molar-refractivity contribution in [2.45, 2.75) is 64.0 Å². The molecule has 0 saturated carbocycles. The van der Waals surface area contributed by atoms with Gasteiger partial charge in [0.15, 0.2) is 0 Å². The maximum atomic E-state index is 13.3. The molecule has 4 rings (SSSR count). The van der Waals surface area contributed by atoms with Crippen LogP contribution in [-0.4, -0.2) is 79.6 Å². The third-order valence-corrected chi connectivity index (χ3v) is 8.90. The summed E-state index contributed by atoms with van der Waals surface area (Å²) < 4.78 is 25.2. The normalized spacial score (nSPS) is 36.4. The molecule has 7 nitrogen and oxygen atoms in total. The number of hydrazine groups is 1. The topological polar surface area (TPSA) is 73.0 Å². The van der Waals surface area contributed by atoms with Gasteiger partial charge in [0.1, 0.15) is 0 Å². The van der Waals surface area contributed by atoms with Crippen LogP contribution in [0, 0.1) is 17.8 Å². The first-order valence-corrected chi connectivity index (χ1v) is 13.0. The minimum atomic E-state index is -3.07. The van der Waals surface area contributed by atoms with E-state index in [-0.39, 0.29) is 18.0 Å². The highest BCUT2D eigenvalue weighted by Crippen LogP contribution is 2.40. The fourth-order valence-electron chi connectivity index (χ4n) is 6.01. The van der Waals surface area contributed by atoms with Gasteiger partial charge in [-0.25, -0.2) is 17.7 Å². The second-order valence-electron chi connectivity index (χ2n) is 9.37. The minimum absolute atomic E-state index is 0.0528. The number of likely N-dealkylation sites (tertiary alicyclic amines) is 1. The number of amides is 1. The van der Waals surface area contributed by atoms with Gasteiger partial charge in [-0.05, 0) is 63.7 Å². The van der Waals surface area contributed by atoms with Crippen molar-refractivity contribution in [3.8, 4) is 0 Å². The van der Waals surface area contributed by atoms with Crippen LogP contribution >= 0.6 is 0 Å². The Morgan fingerprint density at radius 2 is 1.57 bits per heavy atom. The van der Waals surface area contributed by atoms with Gasteiger partial charge in [0.25, 0.3) is 0 Å². The lowest BCUT2D eigenvalue weighted by Crippen LogP contribution is -2.50. The summed E-state index contributed by atoms with van der Waals surface area (Å²) in [5, 5.41) is 2.33. The molecule has 4 unspecified atom stereocenters. The molecule has 4 aliphatic heterocycles. The largest absolute Gasteiger partial charge is 0.342 e. The van der Waals surface area contributed by atoms with E-state index in [1.165, 1.54) is 12.7 Å². The Hall–Kier alpha value is -0.700. The Morgan fingerprint density at radius 3 is 2.21 bits per heavy atom. The van der Waals surface area contributed by atoms with Crippen molar-refractivity contribution in [2.75, 3.05) is 39.0 Å².